The van der Waals surface area contributed by atoms with Crippen molar-refractivity contribution >= 4 is 11.3 Å². The maximum absolute atomic E-state index is 3.76. The molecule has 0 amide bonds. The van der Waals surface area contributed by atoms with E-state index in [1.165, 1.54) is 28.2 Å². The lowest BCUT2D eigenvalue weighted by Crippen LogP contribution is -2.40. The Bertz CT molecular complexity index is 340. The Morgan fingerprint density at radius 2 is 2.06 bits per heavy atom. The molecule has 1 aromatic rings. The second-order valence-corrected chi connectivity index (χ2v) is 6.24. The third-order valence-corrected chi connectivity index (χ3v) is 4.35. The van der Waals surface area contributed by atoms with Gasteiger partial charge in [-0.1, -0.05) is 0 Å². The molecule has 2 heterocycles. The zero-order valence-electron chi connectivity index (χ0n) is 10.5. The lowest BCUT2D eigenvalue weighted by atomic mass is 10.0. The molecular formula is C13H22N2S. The molecule has 1 aliphatic heterocycles. The van der Waals surface area contributed by atoms with Crippen LogP contribution < -0.4 is 10.6 Å². The van der Waals surface area contributed by atoms with E-state index in [2.05, 4.69) is 37.5 Å². The van der Waals surface area contributed by atoms with Crippen LogP contribution in [0.1, 0.15) is 41.1 Å². The van der Waals surface area contributed by atoms with Gasteiger partial charge < -0.3 is 10.6 Å². The summed E-state index contributed by atoms with van der Waals surface area (Å²) in [4.78, 5) is 2.89. The van der Waals surface area contributed by atoms with Crippen LogP contribution >= 0.6 is 11.3 Å². The first-order valence-corrected chi connectivity index (χ1v) is 7.02. The molecule has 1 fully saturated rings. The van der Waals surface area contributed by atoms with E-state index in [9.17, 15) is 0 Å². The van der Waals surface area contributed by atoms with E-state index in [1.807, 2.05) is 11.3 Å². The van der Waals surface area contributed by atoms with Gasteiger partial charge in [0.05, 0.1) is 0 Å². The smallest absolute Gasteiger partial charge is 0.0305 e. The molecule has 1 saturated heterocycles. The first-order chi connectivity index (χ1) is 7.66. The molecule has 0 spiro atoms. The molecule has 1 aliphatic rings. The van der Waals surface area contributed by atoms with Crippen LogP contribution in [0.4, 0.5) is 0 Å². The summed E-state index contributed by atoms with van der Waals surface area (Å²) in [5, 5.41) is 7.16. The van der Waals surface area contributed by atoms with Gasteiger partial charge >= 0.3 is 0 Å². The van der Waals surface area contributed by atoms with E-state index < -0.39 is 0 Å². The molecule has 2 rings (SSSR count). The number of thiophene rings is 1. The van der Waals surface area contributed by atoms with E-state index in [0.717, 1.165) is 13.1 Å². The molecule has 1 unspecified atom stereocenters. The van der Waals surface area contributed by atoms with Crippen LogP contribution in [-0.2, 0) is 0 Å². The third-order valence-electron chi connectivity index (χ3n) is 3.37. The number of nitrogens with one attached hydrogen (secondary N) is 2. The van der Waals surface area contributed by atoms with Crippen LogP contribution in [0.15, 0.2) is 6.07 Å². The van der Waals surface area contributed by atoms with Gasteiger partial charge in [-0.25, -0.2) is 0 Å². The molecule has 16 heavy (non-hydrogen) atoms. The van der Waals surface area contributed by atoms with Crippen molar-refractivity contribution in [2.45, 2.75) is 45.7 Å². The minimum Gasteiger partial charge on any atom is -0.317 e. The molecule has 1 atom stereocenters. The highest BCUT2D eigenvalue weighted by molar-refractivity contribution is 7.12. The van der Waals surface area contributed by atoms with E-state index in [0.29, 0.717) is 12.1 Å². The Balaban J connectivity index is 1.96. The van der Waals surface area contributed by atoms with Gasteiger partial charge in [0, 0.05) is 21.8 Å². The maximum atomic E-state index is 3.76. The predicted octanol–water partition coefficient (Wildman–Crippen LogP) is 2.77. The fourth-order valence-electron chi connectivity index (χ4n) is 2.51. The van der Waals surface area contributed by atoms with Gasteiger partial charge in [-0.3, -0.25) is 0 Å². The topological polar surface area (TPSA) is 24.1 Å². The largest absolute Gasteiger partial charge is 0.317 e. The standard InChI is InChI=1S/C13H22N2S/c1-9-8-13(11(3)16-9)10(2)15-12-4-6-14-7-5-12/h8,10,12,14-15H,4-7H2,1-3H3. The van der Waals surface area contributed by atoms with E-state index in [4.69, 9.17) is 0 Å². The maximum Gasteiger partial charge on any atom is 0.0305 e. The summed E-state index contributed by atoms with van der Waals surface area (Å²) in [7, 11) is 0. The first-order valence-electron chi connectivity index (χ1n) is 6.20. The average molecular weight is 238 g/mol. The van der Waals surface area contributed by atoms with Crippen LogP contribution in [0.5, 0.6) is 0 Å². The number of aryl methyl sites for hydroxylation is 2. The van der Waals surface area contributed by atoms with Gasteiger partial charge in [-0.15, -0.1) is 11.3 Å². The molecule has 0 radical (unpaired) electrons. The number of rotatable bonds is 3. The zero-order chi connectivity index (χ0) is 11.5. The minimum absolute atomic E-state index is 0.494. The molecule has 2 N–H and O–H groups in total. The second-order valence-electron chi connectivity index (χ2n) is 4.78. The Morgan fingerprint density at radius 3 is 2.62 bits per heavy atom. The fourth-order valence-corrected chi connectivity index (χ4v) is 3.53. The van der Waals surface area contributed by atoms with E-state index in [-0.39, 0.29) is 0 Å². The van der Waals surface area contributed by atoms with E-state index >= 15 is 0 Å². The lowest BCUT2D eigenvalue weighted by molar-refractivity contribution is 0.359. The van der Waals surface area contributed by atoms with Gasteiger partial charge in [0.1, 0.15) is 0 Å². The van der Waals surface area contributed by atoms with Crippen LogP contribution in [0, 0.1) is 13.8 Å². The second kappa shape index (κ2) is 5.30. The number of hydrogen-bond donors (Lipinski definition) is 2. The third kappa shape index (κ3) is 2.84. The summed E-state index contributed by atoms with van der Waals surface area (Å²) >= 11 is 1.91. The van der Waals surface area contributed by atoms with Crippen LogP contribution in [0.2, 0.25) is 0 Å². The molecule has 3 heteroatoms. The van der Waals surface area contributed by atoms with Crippen LogP contribution in [-0.4, -0.2) is 19.1 Å². The van der Waals surface area contributed by atoms with Gasteiger partial charge in [-0.2, -0.15) is 0 Å². The summed E-state index contributed by atoms with van der Waals surface area (Å²) in [6.07, 6.45) is 2.51. The highest BCUT2D eigenvalue weighted by atomic mass is 32.1. The SMILES string of the molecule is Cc1cc(C(C)NC2CCNCC2)c(C)s1. The van der Waals surface area contributed by atoms with Crippen LogP contribution in [0.25, 0.3) is 0 Å². The molecular weight excluding hydrogens is 216 g/mol. The summed E-state index contributed by atoms with van der Waals surface area (Å²) in [5.41, 5.74) is 1.49. The van der Waals surface area contributed by atoms with Crippen LogP contribution in [0.3, 0.4) is 0 Å². The number of hydrogen-bond acceptors (Lipinski definition) is 3. The normalized spacial score (nSPS) is 19.9. The van der Waals surface area contributed by atoms with E-state index in [1.54, 1.807) is 0 Å². The van der Waals surface area contributed by atoms with Crippen molar-refractivity contribution in [2.75, 3.05) is 13.1 Å². The highest BCUT2D eigenvalue weighted by Crippen LogP contribution is 2.26. The molecule has 0 aliphatic carbocycles. The van der Waals surface area contributed by atoms with Crippen molar-refractivity contribution in [3.05, 3.63) is 21.4 Å². The Hall–Kier alpha value is -0.380. The lowest BCUT2D eigenvalue weighted by Gasteiger charge is -2.27. The van der Waals surface area contributed by atoms with Crippen molar-refractivity contribution in [1.29, 1.82) is 0 Å². The minimum atomic E-state index is 0.494. The molecule has 90 valence electrons. The average Bonchev–Trinajstić information content (AvgIpc) is 2.59. The molecule has 2 nitrogen and oxygen atoms in total. The van der Waals surface area contributed by atoms with Crippen molar-refractivity contribution in [3.63, 3.8) is 0 Å². The molecule has 0 bridgehead atoms. The molecule has 0 aromatic carbocycles. The summed E-state index contributed by atoms with van der Waals surface area (Å²) in [5.74, 6) is 0. The van der Waals surface area contributed by atoms with Gasteiger partial charge in [0.15, 0.2) is 0 Å². The fraction of sp³-hybridized carbons (Fsp3) is 0.692. The summed E-state index contributed by atoms with van der Waals surface area (Å²) in [6, 6.07) is 3.52. The Morgan fingerprint density at radius 1 is 1.38 bits per heavy atom. The predicted molar refractivity (Wildman–Crippen MR) is 71.2 cm³/mol. The zero-order valence-corrected chi connectivity index (χ0v) is 11.3. The van der Waals surface area contributed by atoms with Gasteiger partial charge in [0.25, 0.3) is 0 Å². The number of piperidine rings is 1. The molecule has 1 aromatic heterocycles. The van der Waals surface area contributed by atoms with Crippen molar-refractivity contribution < 1.29 is 0 Å². The monoisotopic (exact) mass is 238 g/mol. The molecule has 0 saturated carbocycles. The van der Waals surface area contributed by atoms with Gasteiger partial charge in [0.2, 0.25) is 0 Å². The Kier molecular flexibility index (Phi) is 4.00. The first kappa shape index (κ1) is 12.1. The van der Waals surface area contributed by atoms with Crippen molar-refractivity contribution in [2.24, 2.45) is 0 Å². The summed E-state index contributed by atoms with van der Waals surface area (Å²) in [6.45, 7) is 9.03. The van der Waals surface area contributed by atoms with Crippen molar-refractivity contribution in [3.8, 4) is 0 Å². The van der Waals surface area contributed by atoms with Gasteiger partial charge in [-0.05, 0) is 58.3 Å². The van der Waals surface area contributed by atoms with Crippen molar-refractivity contribution in [1.82, 2.24) is 10.6 Å². The summed E-state index contributed by atoms with van der Waals surface area (Å²) < 4.78 is 0. The highest BCUT2D eigenvalue weighted by Gasteiger charge is 2.17. The Labute approximate surface area is 102 Å². The quantitative estimate of drug-likeness (QED) is 0.846.